The van der Waals surface area contributed by atoms with Crippen molar-refractivity contribution >= 4 is 11.4 Å². The van der Waals surface area contributed by atoms with Crippen LogP contribution >= 0.6 is 0 Å². The Labute approximate surface area is 118 Å². The van der Waals surface area contributed by atoms with Gasteiger partial charge in [-0.3, -0.25) is 15.0 Å². The van der Waals surface area contributed by atoms with Gasteiger partial charge in [0.1, 0.15) is 5.69 Å². The van der Waals surface area contributed by atoms with Crippen molar-refractivity contribution in [1.29, 1.82) is 0 Å². The van der Waals surface area contributed by atoms with Gasteiger partial charge in [-0.15, -0.1) is 0 Å². The molecule has 0 bridgehead atoms. The number of hydrogen-bond donors (Lipinski definition) is 2. The van der Waals surface area contributed by atoms with E-state index in [0.29, 0.717) is 12.2 Å². The summed E-state index contributed by atoms with van der Waals surface area (Å²) in [7, 11) is 1.68. The molecule has 2 rings (SSSR count). The molecular weight excluding hydrogens is 258 g/mol. The maximum absolute atomic E-state index is 11.0. The van der Waals surface area contributed by atoms with E-state index < -0.39 is 0 Å². The van der Waals surface area contributed by atoms with E-state index in [-0.39, 0.29) is 22.6 Å². The number of nitro benzene ring substituents is 1. The Balaban J connectivity index is 2.10. The van der Waals surface area contributed by atoms with Crippen molar-refractivity contribution in [2.45, 2.75) is 26.0 Å². The van der Waals surface area contributed by atoms with E-state index in [2.05, 4.69) is 10.2 Å². The minimum Gasteiger partial charge on any atom is -0.393 e. The average Bonchev–Trinajstić information content (AvgIpc) is 2.43. The van der Waals surface area contributed by atoms with Gasteiger partial charge in [0.25, 0.3) is 5.69 Å². The third-order valence-corrected chi connectivity index (χ3v) is 3.88. The summed E-state index contributed by atoms with van der Waals surface area (Å²) < 4.78 is 0. The first-order valence-electron chi connectivity index (χ1n) is 6.86. The predicted octanol–water partition coefficient (Wildman–Crippen LogP) is 1.84. The summed E-state index contributed by atoms with van der Waals surface area (Å²) in [5.74, 6) is 0.246. The zero-order chi connectivity index (χ0) is 14.7. The summed E-state index contributed by atoms with van der Waals surface area (Å²) in [4.78, 5) is 12.9. The van der Waals surface area contributed by atoms with Crippen LogP contribution in [0.1, 0.15) is 18.9 Å². The van der Waals surface area contributed by atoms with Gasteiger partial charge in [0.15, 0.2) is 0 Å². The first kappa shape index (κ1) is 14.7. The predicted molar refractivity (Wildman–Crippen MR) is 77.7 cm³/mol. The van der Waals surface area contributed by atoms with Crippen LogP contribution in [0.4, 0.5) is 11.4 Å². The molecular formula is C14H21N3O3. The lowest BCUT2D eigenvalue weighted by molar-refractivity contribution is -0.384. The van der Waals surface area contributed by atoms with Gasteiger partial charge in [0.2, 0.25) is 0 Å². The second-order valence-corrected chi connectivity index (χ2v) is 5.43. The van der Waals surface area contributed by atoms with Gasteiger partial charge in [0.05, 0.1) is 11.0 Å². The molecule has 0 radical (unpaired) electrons. The highest BCUT2D eigenvalue weighted by Gasteiger charge is 2.24. The Morgan fingerprint density at radius 3 is 2.90 bits per heavy atom. The zero-order valence-corrected chi connectivity index (χ0v) is 11.9. The molecule has 0 spiro atoms. The molecule has 110 valence electrons. The van der Waals surface area contributed by atoms with Crippen molar-refractivity contribution in [3.63, 3.8) is 0 Å². The van der Waals surface area contributed by atoms with Crippen molar-refractivity contribution in [1.82, 2.24) is 4.90 Å². The van der Waals surface area contributed by atoms with Gasteiger partial charge < -0.3 is 10.4 Å². The molecule has 2 unspecified atom stereocenters. The topological polar surface area (TPSA) is 78.6 Å². The number of likely N-dealkylation sites (tertiary alicyclic amines) is 1. The molecule has 0 saturated carbocycles. The van der Waals surface area contributed by atoms with Gasteiger partial charge >= 0.3 is 0 Å². The fourth-order valence-electron chi connectivity index (χ4n) is 2.66. The molecule has 1 aliphatic heterocycles. The fourth-order valence-corrected chi connectivity index (χ4v) is 2.66. The van der Waals surface area contributed by atoms with Crippen LogP contribution in [0.25, 0.3) is 0 Å². The first-order valence-corrected chi connectivity index (χ1v) is 6.86. The SMILES string of the molecule is CNc1ccc(CN2CCC(O)C(C)C2)cc1[N+](=O)[O-]. The lowest BCUT2D eigenvalue weighted by Crippen LogP contribution is -2.41. The maximum Gasteiger partial charge on any atom is 0.292 e. The number of hydrogen-bond acceptors (Lipinski definition) is 5. The maximum atomic E-state index is 11.0. The van der Waals surface area contributed by atoms with E-state index in [1.54, 1.807) is 19.2 Å². The molecule has 6 nitrogen and oxygen atoms in total. The van der Waals surface area contributed by atoms with Gasteiger partial charge in [0, 0.05) is 32.7 Å². The molecule has 0 aliphatic carbocycles. The van der Waals surface area contributed by atoms with E-state index in [0.717, 1.165) is 25.1 Å². The van der Waals surface area contributed by atoms with Crippen LogP contribution in [-0.2, 0) is 6.54 Å². The van der Waals surface area contributed by atoms with E-state index in [4.69, 9.17) is 0 Å². The van der Waals surface area contributed by atoms with Crippen molar-refractivity contribution in [2.24, 2.45) is 5.92 Å². The monoisotopic (exact) mass is 279 g/mol. The van der Waals surface area contributed by atoms with Gasteiger partial charge in [-0.1, -0.05) is 13.0 Å². The molecule has 2 N–H and O–H groups in total. The van der Waals surface area contributed by atoms with E-state index in [1.165, 1.54) is 0 Å². The Kier molecular flexibility index (Phi) is 4.57. The Morgan fingerprint density at radius 2 is 2.30 bits per heavy atom. The van der Waals surface area contributed by atoms with Crippen molar-refractivity contribution < 1.29 is 10.0 Å². The highest BCUT2D eigenvalue weighted by molar-refractivity contribution is 5.62. The molecule has 0 amide bonds. The summed E-state index contributed by atoms with van der Waals surface area (Å²) in [5, 5.41) is 23.6. The Morgan fingerprint density at radius 1 is 1.55 bits per heavy atom. The molecule has 1 aromatic carbocycles. The largest absolute Gasteiger partial charge is 0.393 e. The van der Waals surface area contributed by atoms with Gasteiger partial charge in [-0.2, -0.15) is 0 Å². The number of anilines is 1. The van der Waals surface area contributed by atoms with Crippen LogP contribution in [0, 0.1) is 16.0 Å². The van der Waals surface area contributed by atoms with E-state index in [9.17, 15) is 15.2 Å². The van der Waals surface area contributed by atoms with Gasteiger partial charge in [-0.25, -0.2) is 0 Å². The van der Waals surface area contributed by atoms with Crippen LogP contribution in [0.3, 0.4) is 0 Å². The smallest absolute Gasteiger partial charge is 0.292 e. The quantitative estimate of drug-likeness (QED) is 0.649. The number of nitrogens with one attached hydrogen (secondary N) is 1. The minimum absolute atomic E-state index is 0.107. The van der Waals surface area contributed by atoms with E-state index >= 15 is 0 Å². The number of aliphatic hydroxyl groups excluding tert-OH is 1. The third kappa shape index (κ3) is 3.26. The Bertz CT molecular complexity index is 493. The second kappa shape index (κ2) is 6.19. The summed E-state index contributed by atoms with van der Waals surface area (Å²) in [6, 6.07) is 5.28. The van der Waals surface area contributed by atoms with Crippen molar-refractivity contribution in [3.05, 3.63) is 33.9 Å². The molecule has 2 atom stereocenters. The summed E-state index contributed by atoms with van der Waals surface area (Å²) in [5.41, 5.74) is 1.57. The third-order valence-electron chi connectivity index (χ3n) is 3.88. The second-order valence-electron chi connectivity index (χ2n) is 5.43. The number of nitro groups is 1. The summed E-state index contributed by atoms with van der Waals surface area (Å²) in [6.45, 7) is 4.36. The lowest BCUT2D eigenvalue weighted by Gasteiger charge is -2.34. The standard InChI is InChI=1S/C14H21N3O3/c1-10-8-16(6-5-14(10)18)9-11-3-4-12(15-2)13(7-11)17(19)20/h3-4,7,10,14-15,18H,5-6,8-9H2,1-2H3. The molecule has 20 heavy (non-hydrogen) atoms. The first-order chi connectivity index (χ1) is 9.51. The Hall–Kier alpha value is -1.66. The normalized spacial score (nSPS) is 23.6. The summed E-state index contributed by atoms with van der Waals surface area (Å²) >= 11 is 0. The van der Waals surface area contributed by atoms with Crippen LogP contribution in [0.15, 0.2) is 18.2 Å². The van der Waals surface area contributed by atoms with Crippen molar-refractivity contribution in [3.8, 4) is 0 Å². The number of aliphatic hydroxyl groups is 1. The number of benzene rings is 1. The highest BCUT2D eigenvalue weighted by atomic mass is 16.6. The van der Waals surface area contributed by atoms with Crippen LogP contribution in [0.5, 0.6) is 0 Å². The minimum atomic E-state index is -0.363. The highest BCUT2D eigenvalue weighted by Crippen LogP contribution is 2.26. The molecule has 1 saturated heterocycles. The van der Waals surface area contributed by atoms with Crippen molar-refractivity contribution in [2.75, 3.05) is 25.5 Å². The van der Waals surface area contributed by atoms with Gasteiger partial charge in [-0.05, 0) is 24.0 Å². The molecule has 1 heterocycles. The molecule has 1 aliphatic rings. The van der Waals surface area contributed by atoms with E-state index in [1.807, 2.05) is 13.0 Å². The molecule has 6 heteroatoms. The summed E-state index contributed by atoms with van der Waals surface area (Å²) in [6.07, 6.45) is 0.532. The number of rotatable bonds is 4. The zero-order valence-electron chi connectivity index (χ0n) is 11.9. The van der Waals surface area contributed by atoms with Crippen LogP contribution in [0.2, 0.25) is 0 Å². The lowest BCUT2D eigenvalue weighted by atomic mass is 9.96. The molecule has 1 fully saturated rings. The average molecular weight is 279 g/mol. The molecule has 1 aromatic rings. The van der Waals surface area contributed by atoms with Crippen LogP contribution < -0.4 is 5.32 Å². The number of nitrogens with zero attached hydrogens (tertiary/aromatic N) is 2. The molecule has 0 aromatic heterocycles. The fraction of sp³-hybridized carbons (Fsp3) is 0.571. The number of piperidine rings is 1. The van der Waals surface area contributed by atoms with Crippen LogP contribution in [-0.4, -0.2) is 41.2 Å².